The Morgan fingerprint density at radius 2 is 2.04 bits per heavy atom. The normalized spacial score (nSPS) is 12.4. The van der Waals surface area contributed by atoms with Gasteiger partial charge in [0.2, 0.25) is 0 Å². The molecule has 0 aliphatic rings. The Labute approximate surface area is 160 Å². The molecule has 3 aromatic rings. The lowest BCUT2D eigenvalue weighted by Gasteiger charge is -2.12. The molecule has 5 heteroatoms. The van der Waals surface area contributed by atoms with Crippen LogP contribution in [0.1, 0.15) is 56.1 Å². The van der Waals surface area contributed by atoms with Gasteiger partial charge in [0, 0.05) is 30.1 Å². The molecule has 0 amide bonds. The summed E-state index contributed by atoms with van der Waals surface area (Å²) in [7, 11) is 0. The standard InChI is InChI=1S/C22H27N5/c1-6-8-18(7-2)20-11-21(27-22(26-20)16(5)12-25-27)24-14-17-9-10-19(15(3)4)23-13-17/h6-13,15,24H,14H2,1-5H3/b8-6-,18-7+. The van der Waals surface area contributed by atoms with E-state index in [9.17, 15) is 0 Å². The van der Waals surface area contributed by atoms with Crippen LogP contribution < -0.4 is 5.32 Å². The van der Waals surface area contributed by atoms with E-state index in [1.165, 1.54) is 0 Å². The molecule has 0 aliphatic carbocycles. The summed E-state index contributed by atoms with van der Waals surface area (Å²) in [5.41, 5.74) is 6.19. The highest BCUT2D eigenvalue weighted by Crippen LogP contribution is 2.22. The van der Waals surface area contributed by atoms with E-state index in [0.717, 1.165) is 39.6 Å². The van der Waals surface area contributed by atoms with Gasteiger partial charge in [-0.2, -0.15) is 9.61 Å². The third kappa shape index (κ3) is 4.08. The van der Waals surface area contributed by atoms with Crippen LogP contribution in [0.25, 0.3) is 11.2 Å². The molecule has 0 saturated heterocycles. The Morgan fingerprint density at radius 3 is 2.67 bits per heavy atom. The van der Waals surface area contributed by atoms with Crippen LogP contribution in [0.4, 0.5) is 5.82 Å². The minimum atomic E-state index is 0.437. The fraction of sp³-hybridized carbons (Fsp3) is 0.318. The van der Waals surface area contributed by atoms with E-state index in [2.05, 4.69) is 53.5 Å². The van der Waals surface area contributed by atoms with Crippen LogP contribution in [0, 0.1) is 6.92 Å². The second-order valence-electron chi connectivity index (χ2n) is 6.93. The van der Waals surface area contributed by atoms with Crippen molar-refractivity contribution in [3.05, 3.63) is 71.3 Å². The molecule has 3 heterocycles. The lowest BCUT2D eigenvalue weighted by molar-refractivity contribution is 0.818. The average Bonchev–Trinajstić information content (AvgIpc) is 3.05. The molecule has 0 atom stereocenters. The SMILES string of the molecule is C/C=C\C(=C/C)c1cc(NCc2ccc(C(C)C)nc2)n2ncc(C)c2n1. The van der Waals surface area contributed by atoms with E-state index in [1.807, 2.05) is 49.8 Å². The molecule has 1 N–H and O–H groups in total. The predicted octanol–water partition coefficient (Wildman–Crippen LogP) is 5.15. The maximum absolute atomic E-state index is 4.80. The third-order valence-electron chi connectivity index (χ3n) is 4.51. The molecule has 0 aromatic carbocycles. The molecule has 140 valence electrons. The van der Waals surface area contributed by atoms with E-state index in [4.69, 9.17) is 4.98 Å². The van der Waals surface area contributed by atoms with Gasteiger partial charge in [-0.3, -0.25) is 4.98 Å². The Bertz CT molecular complexity index is 978. The summed E-state index contributed by atoms with van der Waals surface area (Å²) in [4.78, 5) is 9.35. The largest absolute Gasteiger partial charge is 0.366 e. The van der Waals surface area contributed by atoms with Gasteiger partial charge in [-0.15, -0.1) is 0 Å². The highest BCUT2D eigenvalue weighted by Gasteiger charge is 2.11. The summed E-state index contributed by atoms with van der Waals surface area (Å²) in [6.45, 7) is 11.1. The number of fused-ring (bicyclic) bond motifs is 1. The van der Waals surface area contributed by atoms with Gasteiger partial charge in [-0.25, -0.2) is 4.98 Å². The smallest absolute Gasteiger partial charge is 0.160 e. The lowest BCUT2D eigenvalue weighted by Crippen LogP contribution is -2.08. The van der Waals surface area contributed by atoms with Crippen LogP contribution in [-0.2, 0) is 6.54 Å². The van der Waals surface area contributed by atoms with Crippen molar-refractivity contribution < 1.29 is 0 Å². The first kappa shape index (κ1) is 18.8. The molecular weight excluding hydrogens is 334 g/mol. The number of anilines is 1. The maximum atomic E-state index is 4.80. The van der Waals surface area contributed by atoms with Gasteiger partial charge in [0.1, 0.15) is 5.82 Å². The number of allylic oxidation sites excluding steroid dienone is 4. The van der Waals surface area contributed by atoms with Crippen molar-refractivity contribution in [1.29, 1.82) is 0 Å². The molecule has 27 heavy (non-hydrogen) atoms. The summed E-state index contributed by atoms with van der Waals surface area (Å²) in [5.74, 6) is 1.35. The van der Waals surface area contributed by atoms with E-state index in [0.29, 0.717) is 12.5 Å². The van der Waals surface area contributed by atoms with Crippen molar-refractivity contribution in [3.63, 3.8) is 0 Å². The Morgan fingerprint density at radius 1 is 1.22 bits per heavy atom. The number of aromatic nitrogens is 4. The summed E-state index contributed by atoms with van der Waals surface area (Å²) < 4.78 is 1.86. The Kier molecular flexibility index (Phi) is 5.69. The van der Waals surface area contributed by atoms with Crippen molar-refractivity contribution in [2.75, 3.05) is 5.32 Å². The number of pyridine rings is 1. The first-order valence-corrected chi connectivity index (χ1v) is 9.37. The van der Waals surface area contributed by atoms with Gasteiger partial charge < -0.3 is 5.32 Å². The molecule has 3 rings (SSSR count). The number of hydrogen-bond acceptors (Lipinski definition) is 4. The van der Waals surface area contributed by atoms with Crippen molar-refractivity contribution in [2.24, 2.45) is 0 Å². The monoisotopic (exact) mass is 361 g/mol. The second-order valence-corrected chi connectivity index (χ2v) is 6.93. The van der Waals surface area contributed by atoms with Crippen LogP contribution >= 0.6 is 0 Å². The topological polar surface area (TPSA) is 55.1 Å². The average molecular weight is 361 g/mol. The van der Waals surface area contributed by atoms with Gasteiger partial charge in [-0.05, 0) is 43.9 Å². The molecule has 0 spiro atoms. The quantitative estimate of drug-likeness (QED) is 0.617. The van der Waals surface area contributed by atoms with Gasteiger partial charge in [0.05, 0.1) is 11.9 Å². The van der Waals surface area contributed by atoms with Crippen molar-refractivity contribution >= 4 is 17.0 Å². The molecule has 3 aromatic heterocycles. The number of aryl methyl sites for hydroxylation is 1. The van der Waals surface area contributed by atoms with E-state index in [-0.39, 0.29) is 0 Å². The predicted molar refractivity (Wildman–Crippen MR) is 112 cm³/mol. The summed E-state index contributed by atoms with van der Waals surface area (Å²) in [5, 5.41) is 7.98. The second kappa shape index (κ2) is 8.16. The van der Waals surface area contributed by atoms with Gasteiger partial charge in [0.15, 0.2) is 5.65 Å². The number of nitrogens with zero attached hydrogens (tertiary/aromatic N) is 4. The highest BCUT2D eigenvalue weighted by molar-refractivity contribution is 5.74. The van der Waals surface area contributed by atoms with Crippen LogP contribution in [0.3, 0.4) is 0 Å². The van der Waals surface area contributed by atoms with Gasteiger partial charge >= 0.3 is 0 Å². The van der Waals surface area contributed by atoms with E-state index in [1.54, 1.807) is 0 Å². The summed E-state index contributed by atoms with van der Waals surface area (Å²) >= 11 is 0. The molecule has 5 nitrogen and oxygen atoms in total. The summed E-state index contributed by atoms with van der Waals surface area (Å²) in [6, 6.07) is 6.27. The first-order valence-electron chi connectivity index (χ1n) is 9.37. The lowest BCUT2D eigenvalue weighted by atomic mass is 10.1. The van der Waals surface area contributed by atoms with Crippen molar-refractivity contribution in [1.82, 2.24) is 19.6 Å². The molecule has 0 saturated carbocycles. The minimum absolute atomic E-state index is 0.437. The van der Waals surface area contributed by atoms with Crippen molar-refractivity contribution in [3.8, 4) is 0 Å². The molecule has 0 aliphatic heterocycles. The first-order chi connectivity index (χ1) is 13.0. The molecule has 0 radical (unpaired) electrons. The highest BCUT2D eigenvalue weighted by atomic mass is 15.3. The minimum Gasteiger partial charge on any atom is -0.366 e. The maximum Gasteiger partial charge on any atom is 0.160 e. The number of hydrogen-bond donors (Lipinski definition) is 1. The zero-order valence-corrected chi connectivity index (χ0v) is 16.7. The Hall–Kier alpha value is -2.95. The zero-order valence-electron chi connectivity index (χ0n) is 16.7. The summed E-state index contributed by atoms with van der Waals surface area (Å²) in [6.07, 6.45) is 9.96. The molecule has 0 unspecified atom stereocenters. The van der Waals surface area contributed by atoms with E-state index >= 15 is 0 Å². The molecule has 0 bridgehead atoms. The van der Waals surface area contributed by atoms with E-state index < -0.39 is 0 Å². The third-order valence-corrected chi connectivity index (χ3v) is 4.51. The fourth-order valence-electron chi connectivity index (χ4n) is 2.93. The van der Waals surface area contributed by atoms with Gasteiger partial charge in [0.25, 0.3) is 0 Å². The Balaban J connectivity index is 1.93. The fourth-order valence-corrected chi connectivity index (χ4v) is 2.93. The zero-order chi connectivity index (χ0) is 19.4. The number of nitrogens with one attached hydrogen (secondary N) is 1. The van der Waals surface area contributed by atoms with Crippen LogP contribution in [0.15, 0.2) is 48.8 Å². The number of rotatable bonds is 6. The van der Waals surface area contributed by atoms with Crippen LogP contribution in [-0.4, -0.2) is 19.6 Å². The van der Waals surface area contributed by atoms with Crippen LogP contribution in [0.2, 0.25) is 0 Å². The molecule has 0 fully saturated rings. The van der Waals surface area contributed by atoms with Gasteiger partial charge in [-0.1, -0.05) is 38.1 Å². The van der Waals surface area contributed by atoms with Crippen molar-refractivity contribution in [2.45, 2.75) is 47.1 Å². The molecular formula is C22H27N5. The van der Waals surface area contributed by atoms with Crippen LogP contribution in [0.5, 0.6) is 0 Å².